The zero-order valence-corrected chi connectivity index (χ0v) is 15.2. The number of benzene rings is 1. The topological polar surface area (TPSA) is 74.7 Å². The van der Waals surface area contributed by atoms with Crippen molar-refractivity contribution in [3.8, 4) is 11.5 Å². The van der Waals surface area contributed by atoms with Crippen LogP contribution in [0.25, 0.3) is 0 Å². The predicted octanol–water partition coefficient (Wildman–Crippen LogP) is 3.06. The summed E-state index contributed by atoms with van der Waals surface area (Å²) in [5.41, 5.74) is 0.895. The van der Waals surface area contributed by atoms with Gasteiger partial charge in [-0.25, -0.2) is 0 Å². The third-order valence-corrected chi connectivity index (χ3v) is 6.01. The molecule has 2 heterocycles. The molecule has 0 N–H and O–H groups in total. The smallest absolute Gasteiger partial charge is 0.235 e. The number of hydrogen-bond donors (Lipinski definition) is 0. The van der Waals surface area contributed by atoms with Crippen molar-refractivity contribution in [1.82, 2.24) is 9.29 Å². The number of aromatic nitrogens is 1. The van der Waals surface area contributed by atoms with Gasteiger partial charge in [-0.1, -0.05) is 29.7 Å². The Labute approximate surface area is 149 Å². The van der Waals surface area contributed by atoms with E-state index in [0.29, 0.717) is 12.3 Å². The monoisotopic (exact) mass is 362 g/mol. The Kier molecular flexibility index (Phi) is 5.36. The molecule has 0 saturated heterocycles. The summed E-state index contributed by atoms with van der Waals surface area (Å²) in [6.45, 7) is 2.66. The lowest BCUT2D eigenvalue weighted by Gasteiger charge is -2.26. The van der Waals surface area contributed by atoms with Gasteiger partial charge in [-0.15, -0.1) is 4.31 Å². The van der Waals surface area contributed by atoms with Gasteiger partial charge in [0.1, 0.15) is 11.9 Å². The number of pyridine rings is 1. The van der Waals surface area contributed by atoms with E-state index in [1.165, 1.54) is 10.5 Å². The molecule has 0 spiro atoms. The van der Waals surface area contributed by atoms with E-state index in [4.69, 9.17) is 9.47 Å². The van der Waals surface area contributed by atoms with E-state index in [-0.39, 0.29) is 17.5 Å². The molecule has 0 radical (unpaired) electrons. The fourth-order valence-electron chi connectivity index (χ4n) is 2.90. The number of ether oxygens (including phenoxy) is 2. The lowest BCUT2D eigenvalue weighted by Crippen LogP contribution is -2.40. The molecule has 0 fully saturated rings. The average molecular weight is 362 g/mol. The number of hydrogen-bond acceptors (Lipinski definition) is 5. The fourth-order valence-corrected chi connectivity index (χ4v) is 4.42. The molecule has 2 unspecified atom stereocenters. The maximum Gasteiger partial charge on any atom is 0.235 e. The van der Waals surface area contributed by atoms with Crippen LogP contribution in [0.3, 0.4) is 0 Å². The number of rotatable bonds is 5. The van der Waals surface area contributed by atoms with Crippen molar-refractivity contribution in [3.63, 3.8) is 0 Å². The second-order valence-electron chi connectivity index (χ2n) is 6.00. The highest BCUT2D eigenvalue weighted by molar-refractivity contribution is 7.95. The highest BCUT2D eigenvalue weighted by Gasteiger charge is 2.39. The fraction of sp³-hybridized carbons (Fsp3) is 0.389. The van der Waals surface area contributed by atoms with E-state index in [0.717, 1.165) is 24.2 Å². The summed E-state index contributed by atoms with van der Waals surface area (Å²) in [5.74, 6) is 1.12. The lowest BCUT2D eigenvalue weighted by molar-refractivity contribution is 0.160. The summed E-state index contributed by atoms with van der Waals surface area (Å²) in [6, 6.07) is 9.02. The van der Waals surface area contributed by atoms with Crippen molar-refractivity contribution in [2.24, 2.45) is 0 Å². The van der Waals surface area contributed by atoms with Gasteiger partial charge in [0.2, 0.25) is 4.90 Å². The normalized spacial score (nSPS) is 23.4. The Morgan fingerprint density at radius 3 is 2.80 bits per heavy atom. The molecule has 0 aliphatic carbocycles. The van der Waals surface area contributed by atoms with Crippen molar-refractivity contribution in [1.29, 1.82) is 0 Å². The van der Waals surface area contributed by atoms with Crippen LogP contribution in [-0.2, 0) is 21.2 Å². The zero-order chi connectivity index (χ0) is 17.9. The van der Waals surface area contributed by atoms with Crippen molar-refractivity contribution >= 4 is 10.4 Å². The summed E-state index contributed by atoms with van der Waals surface area (Å²) >= 11 is 0. The third-order valence-electron chi connectivity index (χ3n) is 4.19. The molecule has 6 nitrogen and oxygen atoms in total. The molecular weight excluding hydrogens is 340 g/mol. The van der Waals surface area contributed by atoms with Crippen molar-refractivity contribution in [2.45, 2.75) is 37.3 Å². The van der Waals surface area contributed by atoms with Gasteiger partial charge in [0.25, 0.3) is 0 Å². The van der Waals surface area contributed by atoms with E-state index in [9.17, 15) is 8.76 Å². The molecule has 1 aromatic heterocycles. The summed E-state index contributed by atoms with van der Waals surface area (Å²) < 4.78 is 38.8. The molecule has 2 atom stereocenters. The molecule has 0 saturated carbocycles. The first-order valence-corrected chi connectivity index (χ1v) is 9.72. The van der Waals surface area contributed by atoms with Gasteiger partial charge in [-0.3, -0.25) is 4.98 Å². The summed E-state index contributed by atoms with van der Waals surface area (Å²) in [4.78, 5) is 4.10. The second-order valence-corrected chi connectivity index (χ2v) is 7.90. The molecule has 1 aliphatic heterocycles. The molecule has 2 aromatic rings. The van der Waals surface area contributed by atoms with Crippen molar-refractivity contribution in [3.05, 3.63) is 48.3 Å². The molecular formula is C18H22N2O4S. The van der Waals surface area contributed by atoms with Gasteiger partial charge < -0.3 is 14.0 Å². The molecule has 1 aliphatic rings. The van der Waals surface area contributed by atoms with Crippen LogP contribution in [0, 0.1) is 0 Å². The Morgan fingerprint density at radius 1 is 1.36 bits per heavy atom. The zero-order valence-electron chi connectivity index (χ0n) is 14.4. The van der Waals surface area contributed by atoms with Crippen LogP contribution in [0.5, 0.6) is 11.5 Å². The molecule has 0 amide bonds. The molecule has 3 rings (SSSR count). The number of sulfonamides is 1. The largest absolute Gasteiger partial charge is 0.593 e. The van der Waals surface area contributed by atoms with Crippen molar-refractivity contribution in [2.75, 3.05) is 13.7 Å². The Bertz CT molecular complexity index is 766. The Morgan fingerprint density at radius 2 is 2.12 bits per heavy atom. The van der Waals surface area contributed by atoms with Gasteiger partial charge in [0.05, 0.1) is 26.4 Å². The van der Waals surface area contributed by atoms with Gasteiger partial charge in [0, 0.05) is 12.3 Å². The maximum absolute atomic E-state index is 13.1. The minimum atomic E-state index is -3.67. The highest BCUT2D eigenvalue weighted by atomic mass is 32.3. The minimum absolute atomic E-state index is 0.127. The Hall–Kier alpha value is -1.96. The quantitative estimate of drug-likeness (QED) is 0.764. The first-order chi connectivity index (χ1) is 12.0. The summed E-state index contributed by atoms with van der Waals surface area (Å²) in [5, 5.41) is 0. The summed E-state index contributed by atoms with van der Waals surface area (Å²) in [7, 11) is -2.07. The van der Waals surface area contributed by atoms with Crippen LogP contribution >= 0.6 is 0 Å². The van der Waals surface area contributed by atoms with Gasteiger partial charge >= 0.3 is 0 Å². The molecule has 0 bridgehead atoms. The standard InChI is InChI=1S/C18H22N2O4S/c1-3-4-16-13-20(12-14-5-7-15(23-2)8-6-14)25(21,22)18-11-19-10-9-17(18)24-16/h5-11,16H,3-4,12-13H2,1-2H3. The number of nitrogens with zero attached hydrogens (tertiary/aromatic N) is 2. The minimum Gasteiger partial charge on any atom is -0.593 e. The SMILES string of the molecule is CCCC1CN(Cc2ccc(OC)cc2)[S+](=O)([O-])c2cnccc2O1. The van der Waals surface area contributed by atoms with Crippen LogP contribution in [0.15, 0.2) is 47.6 Å². The van der Waals surface area contributed by atoms with Crippen LogP contribution in [0.4, 0.5) is 0 Å². The third kappa shape index (κ3) is 3.84. The molecule has 134 valence electrons. The van der Waals surface area contributed by atoms with Crippen LogP contribution in [-0.4, -0.2) is 33.6 Å². The van der Waals surface area contributed by atoms with Crippen LogP contribution < -0.4 is 9.47 Å². The Balaban J connectivity index is 1.93. The highest BCUT2D eigenvalue weighted by Crippen LogP contribution is 2.35. The number of fused-ring (bicyclic) bond motifs is 1. The van der Waals surface area contributed by atoms with Crippen LogP contribution in [0.2, 0.25) is 0 Å². The number of methoxy groups -OCH3 is 1. The average Bonchev–Trinajstić information content (AvgIpc) is 2.71. The van der Waals surface area contributed by atoms with E-state index in [1.54, 1.807) is 19.4 Å². The molecule has 7 heteroatoms. The van der Waals surface area contributed by atoms with Gasteiger partial charge in [-0.2, -0.15) is 0 Å². The van der Waals surface area contributed by atoms with E-state index in [2.05, 4.69) is 11.9 Å². The lowest BCUT2D eigenvalue weighted by atomic mass is 10.2. The van der Waals surface area contributed by atoms with E-state index in [1.807, 2.05) is 24.3 Å². The predicted molar refractivity (Wildman–Crippen MR) is 94.1 cm³/mol. The van der Waals surface area contributed by atoms with Crippen LogP contribution in [0.1, 0.15) is 25.3 Å². The second kappa shape index (κ2) is 7.51. The van der Waals surface area contributed by atoms with Crippen molar-refractivity contribution < 1.29 is 18.2 Å². The van der Waals surface area contributed by atoms with Gasteiger partial charge in [-0.05, 0) is 24.1 Å². The summed E-state index contributed by atoms with van der Waals surface area (Å²) in [6.07, 6.45) is 4.44. The van der Waals surface area contributed by atoms with E-state index >= 15 is 0 Å². The maximum atomic E-state index is 13.1. The first-order valence-electron chi connectivity index (χ1n) is 8.28. The van der Waals surface area contributed by atoms with E-state index < -0.39 is 10.4 Å². The molecule has 1 aromatic carbocycles. The first kappa shape index (κ1) is 17.8. The van der Waals surface area contributed by atoms with Gasteiger partial charge in [0.15, 0.2) is 16.1 Å². The molecule has 25 heavy (non-hydrogen) atoms.